The van der Waals surface area contributed by atoms with Gasteiger partial charge in [-0.2, -0.15) is 5.10 Å². The minimum atomic E-state index is -0.876. The van der Waals surface area contributed by atoms with Gasteiger partial charge in [-0.15, -0.1) is 0 Å². The summed E-state index contributed by atoms with van der Waals surface area (Å²) >= 11 is 0. The van der Waals surface area contributed by atoms with Crippen LogP contribution in [0.4, 0.5) is 10.1 Å². The number of nitrogens with zero attached hydrogens (tertiary/aromatic N) is 5. The number of allylic oxidation sites excluding steroid dienone is 1. The minimum Gasteiger partial charge on any atom is -0.394 e. The average molecular weight is 490 g/mol. The van der Waals surface area contributed by atoms with Crippen molar-refractivity contribution in [3.8, 4) is 11.3 Å². The molecule has 36 heavy (non-hydrogen) atoms. The van der Waals surface area contributed by atoms with Gasteiger partial charge in [0.25, 0.3) is 0 Å². The first-order valence-corrected chi connectivity index (χ1v) is 12.4. The fourth-order valence-electron chi connectivity index (χ4n) is 5.53. The first-order chi connectivity index (χ1) is 17.5. The molecule has 0 aliphatic carbocycles. The fraction of sp³-hybridized carbons (Fsp3) is 0.357. The summed E-state index contributed by atoms with van der Waals surface area (Å²) in [5.41, 5.74) is 5.99. The molecule has 1 unspecified atom stereocenters. The van der Waals surface area contributed by atoms with Gasteiger partial charge in [0.05, 0.1) is 43.5 Å². The van der Waals surface area contributed by atoms with Crippen LogP contribution in [0.15, 0.2) is 66.3 Å². The Balaban J connectivity index is 1.25. The summed E-state index contributed by atoms with van der Waals surface area (Å²) < 4.78 is 17.0. The number of aromatic nitrogens is 2. The molecule has 1 saturated heterocycles. The number of imidazole rings is 1. The highest BCUT2D eigenvalue weighted by molar-refractivity contribution is 5.69. The van der Waals surface area contributed by atoms with Gasteiger partial charge in [0.2, 0.25) is 0 Å². The zero-order valence-electron chi connectivity index (χ0n) is 20.5. The molecule has 2 aliphatic heterocycles. The lowest BCUT2D eigenvalue weighted by molar-refractivity contribution is 0.0727. The molecular formula is C28H32FN5O2. The Morgan fingerprint density at radius 2 is 2.00 bits per heavy atom. The molecule has 2 aromatic carbocycles. The lowest BCUT2D eigenvalue weighted by Gasteiger charge is -2.37. The quantitative estimate of drug-likeness (QED) is 0.367. The van der Waals surface area contributed by atoms with E-state index in [-0.39, 0.29) is 25.0 Å². The second kappa shape index (κ2) is 10.2. The number of anilines is 1. The highest BCUT2D eigenvalue weighted by Crippen LogP contribution is 2.46. The van der Waals surface area contributed by atoms with Crippen molar-refractivity contribution >= 4 is 18.0 Å². The first kappa shape index (κ1) is 24.2. The van der Waals surface area contributed by atoms with Crippen molar-refractivity contribution in [3.63, 3.8) is 0 Å². The third-order valence-electron chi connectivity index (χ3n) is 7.40. The number of benzene rings is 2. The molecule has 7 nitrogen and oxygen atoms in total. The van der Waals surface area contributed by atoms with Crippen molar-refractivity contribution in [1.82, 2.24) is 14.6 Å². The van der Waals surface area contributed by atoms with Gasteiger partial charge < -0.3 is 19.7 Å². The first-order valence-electron chi connectivity index (χ1n) is 12.4. The van der Waals surface area contributed by atoms with E-state index in [2.05, 4.69) is 50.5 Å². The number of piperidine rings is 1. The summed E-state index contributed by atoms with van der Waals surface area (Å²) in [5, 5.41) is 24.2. The van der Waals surface area contributed by atoms with Crippen LogP contribution in [0.5, 0.6) is 0 Å². The number of hydrogen-bond donors (Lipinski definition) is 2. The van der Waals surface area contributed by atoms with Crippen LogP contribution in [0.25, 0.3) is 16.8 Å². The maximum Gasteiger partial charge on any atom is 0.129 e. The van der Waals surface area contributed by atoms with Crippen LogP contribution in [0.2, 0.25) is 0 Å². The van der Waals surface area contributed by atoms with Crippen LogP contribution in [0.3, 0.4) is 0 Å². The average Bonchev–Trinajstić information content (AvgIpc) is 3.50. The van der Waals surface area contributed by atoms with Gasteiger partial charge in [-0.05, 0) is 55.0 Å². The van der Waals surface area contributed by atoms with Gasteiger partial charge in [-0.3, -0.25) is 5.01 Å². The van der Waals surface area contributed by atoms with Crippen LogP contribution in [0.1, 0.15) is 36.9 Å². The monoisotopic (exact) mass is 489 g/mol. The van der Waals surface area contributed by atoms with Crippen LogP contribution in [-0.2, 0) is 0 Å². The Labute approximate surface area is 210 Å². The maximum atomic E-state index is 14.9. The van der Waals surface area contributed by atoms with Gasteiger partial charge >= 0.3 is 0 Å². The van der Waals surface area contributed by atoms with Crippen molar-refractivity contribution in [2.75, 3.05) is 31.1 Å². The number of halogens is 1. The molecule has 0 amide bonds. The molecule has 1 fully saturated rings. The Hall–Kier alpha value is -3.49. The summed E-state index contributed by atoms with van der Waals surface area (Å²) in [6, 6.07) is 13.8. The smallest absolute Gasteiger partial charge is 0.129 e. The zero-order chi connectivity index (χ0) is 25.2. The van der Waals surface area contributed by atoms with Crippen LogP contribution in [-0.4, -0.2) is 63.8 Å². The van der Waals surface area contributed by atoms with Crippen molar-refractivity contribution in [3.05, 3.63) is 78.1 Å². The molecular weight excluding hydrogens is 457 g/mol. The molecule has 3 heterocycles. The summed E-state index contributed by atoms with van der Waals surface area (Å²) in [6.07, 6.45) is 6.57. The molecule has 8 heteroatoms. The fourth-order valence-corrected chi connectivity index (χ4v) is 5.53. The lowest BCUT2D eigenvalue weighted by atomic mass is 9.85. The van der Waals surface area contributed by atoms with Gasteiger partial charge in [-0.25, -0.2) is 9.37 Å². The number of aliphatic hydroxyl groups is 2. The largest absolute Gasteiger partial charge is 0.394 e. The molecule has 0 saturated carbocycles. The van der Waals surface area contributed by atoms with E-state index in [0.29, 0.717) is 5.92 Å². The van der Waals surface area contributed by atoms with Crippen LogP contribution < -0.4 is 4.90 Å². The number of aliphatic hydroxyl groups excluding tert-OH is 2. The van der Waals surface area contributed by atoms with Crippen LogP contribution in [0, 0.1) is 11.7 Å². The van der Waals surface area contributed by atoms with Crippen molar-refractivity contribution in [2.24, 2.45) is 11.0 Å². The topological polar surface area (TPSA) is 77.1 Å². The Morgan fingerprint density at radius 3 is 2.69 bits per heavy atom. The molecule has 0 bridgehead atoms. The van der Waals surface area contributed by atoms with Crippen molar-refractivity contribution in [1.29, 1.82) is 0 Å². The van der Waals surface area contributed by atoms with Gasteiger partial charge in [0, 0.05) is 42.8 Å². The zero-order valence-corrected chi connectivity index (χ0v) is 20.5. The molecule has 0 radical (unpaired) electrons. The summed E-state index contributed by atoms with van der Waals surface area (Å²) in [7, 11) is 0. The molecule has 3 aromatic rings. The van der Waals surface area contributed by atoms with E-state index in [4.69, 9.17) is 5.11 Å². The molecule has 5 rings (SSSR count). The van der Waals surface area contributed by atoms with Crippen molar-refractivity contribution in [2.45, 2.75) is 31.9 Å². The number of rotatable bonds is 8. The lowest BCUT2D eigenvalue weighted by Crippen LogP contribution is -2.36. The third kappa shape index (κ3) is 4.54. The summed E-state index contributed by atoms with van der Waals surface area (Å²) in [5.74, 6) is 0.224. The normalized spacial score (nSPS) is 18.6. The maximum absolute atomic E-state index is 14.9. The minimum absolute atomic E-state index is 0.00165. The van der Waals surface area contributed by atoms with E-state index >= 15 is 0 Å². The summed E-state index contributed by atoms with van der Waals surface area (Å²) in [6.45, 7) is 7.20. The Kier molecular flexibility index (Phi) is 6.89. The number of hydrogen-bond acceptors (Lipinski definition) is 6. The van der Waals surface area contributed by atoms with E-state index in [9.17, 15) is 9.50 Å². The third-order valence-corrected chi connectivity index (χ3v) is 7.40. The molecule has 0 spiro atoms. The highest BCUT2D eigenvalue weighted by Gasteiger charge is 2.37. The Bertz CT molecular complexity index is 1250. The standard InChI is InChI=1S/C28H32FN5O2/c1-19(15-33(30-2)16-23(36)17-35)20-6-8-22(9-7-20)32-12-10-21(11-13-32)28-27-24(4-3-5-25(27)29)26-14-31-18-34(26)28/h3-9,14-15,18,21,23,28,35-36H,2,10-13,16-17H2,1H3/b19-15+/t23-,28?/m0/s1. The SMILES string of the molecule is C=NN(/C=C(\C)c1ccc(N2CCC(C3c4c(F)cccc4-c4cncn43)CC2)cc1)C[C@H](O)CO. The second-order valence-electron chi connectivity index (χ2n) is 9.62. The molecule has 2 aliphatic rings. The van der Waals surface area contributed by atoms with E-state index in [1.165, 1.54) is 10.7 Å². The Morgan fingerprint density at radius 1 is 1.25 bits per heavy atom. The van der Waals surface area contributed by atoms with Gasteiger partial charge in [0.15, 0.2) is 0 Å². The van der Waals surface area contributed by atoms with E-state index < -0.39 is 6.10 Å². The van der Waals surface area contributed by atoms with Gasteiger partial charge in [-0.1, -0.05) is 24.3 Å². The van der Waals surface area contributed by atoms with E-state index in [1.807, 2.05) is 31.7 Å². The molecule has 2 atom stereocenters. The summed E-state index contributed by atoms with van der Waals surface area (Å²) in [4.78, 5) is 6.72. The predicted molar refractivity (Wildman–Crippen MR) is 140 cm³/mol. The molecule has 2 N–H and O–H groups in total. The predicted octanol–water partition coefficient (Wildman–Crippen LogP) is 4.14. The molecule has 1 aromatic heterocycles. The number of fused-ring (bicyclic) bond motifs is 3. The number of hydrazone groups is 1. The van der Waals surface area contributed by atoms with E-state index in [1.54, 1.807) is 12.1 Å². The molecule has 188 valence electrons. The van der Waals surface area contributed by atoms with Gasteiger partial charge in [0.1, 0.15) is 5.82 Å². The van der Waals surface area contributed by atoms with E-state index in [0.717, 1.165) is 53.9 Å². The second-order valence-corrected chi connectivity index (χ2v) is 9.62. The van der Waals surface area contributed by atoms with Crippen molar-refractivity contribution < 1.29 is 14.6 Å². The highest BCUT2D eigenvalue weighted by atomic mass is 19.1. The van der Waals surface area contributed by atoms with Crippen LogP contribution >= 0.6 is 0 Å².